The Balaban J connectivity index is 0.795. The Bertz CT molecular complexity index is 2450. The van der Waals surface area contributed by atoms with Gasteiger partial charge in [0.1, 0.15) is 11.4 Å². The molecule has 68 heavy (non-hydrogen) atoms. The summed E-state index contributed by atoms with van der Waals surface area (Å²) in [6, 6.07) is 14.9. The predicted octanol–water partition coefficient (Wildman–Crippen LogP) is 6.64. The molecular formula is C49H64FN13O5. The number of anilines is 4. The number of amides is 4. The van der Waals surface area contributed by atoms with Crippen molar-refractivity contribution in [3.63, 3.8) is 0 Å². The number of aromatic nitrogens is 7. The van der Waals surface area contributed by atoms with Crippen molar-refractivity contribution < 1.29 is 28.3 Å². The molecule has 18 nitrogen and oxygen atoms in total. The second kappa shape index (κ2) is 23.8. The molecule has 0 aliphatic carbocycles. The number of ether oxygens (including phenoxy) is 1. The number of pyridine rings is 1. The molecule has 6 N–H and O–H groups in total. The maximum atomic E-state index is 13.8. The van der Waals surface area contributed by atoms with Crippen molar-refractivity contribution in [2.75, 3.05) is 48.8 Å². The smallest absolute Gasteiger partial charge is 0.252 e. The van der Waals surface area contributed by atoms with Crippen molar-refractivity contribution in [2.24, 2.45) is 0 Å². The lowest BCUT2D eigenvalue weighted by atomic mass is 9.89. The summed E-state index contributed by atoms with van der Waals surface area (Å²) in [5, 5.41) is 26.6. The molecule has 2 aliphatic rings. The number of halogens is 1. The van der Waals surface area contributed by atoms with Gasteiger partial charge in [-0.05, 0) is 81.7 Å². The fraction of sp³-hybridized carbons (Fsp3) is 0.490. The largest absolute Gasteiger partial charge is 0.385 e. The molecule has 1 unspecified atom stereocenters. The van der Waals surface area contributed by atoms with Crippen LogP contribution in [0.2, 0.25) is 0 Å². The Labute approximate surface area is 396 Å². The highest BCUT2D eigenvalue weighted by molar-refractivity contribution is 6.01. The normalized spacial score (nSPS) is 16.2. The zero-order chi connectivity index (χ0) is 47.9. The summed E-state index contributed by atoms with van der Waals surface area (Å²) in [6.45, 7) is 6.27. The zero-order valence-corrected chi connectivity index (χ0v) is 39.3. The van der Waals surface area contributed by atoms with Crippen LogP contribution in [0.1, 0.15) is 125 Å². The van der Waals surface area contributed by atoms with Crippen molar-refractivity contribution >= 4 is 46.9 Å². The van der Waals surface area contributed by atoms with E-state index < -0.39 is 11.4 Å². The third-order valence-electron chi connectivity index (χ3n) is 12.7. The number of imide groups is 1. The van der Waals surface area contributed by atoms with Crippen LogP contribution in [-0.4, -0.2) is 97.4 Å². The summed E-state index contributed by atoms with van der Waals surface area (Å²) in [5.41, 5.74) is 3.47. The molecule has 2 aliphatic heterocycles. The summed E-state index contributed by atoms with van der Waals surface area (Å²) in [5.74, 6) is 1.01. The number of carbonyl (C=O) groups excluding carboxylic acids is 4. The Morgan fingerprint density at radius 2 is 1.69 bits per heavy atom. The molecule has 4 amide bonds. The Hall–Kier alpha value is -6.76. The van der Waals surface area contributed by atoms with Crippen LogP contribution in [0.15, 0.2) is 67.1 Å². The molecule has 2 fully saturated rings. The molecule has 4 aromatic heterocycles. The Morgan fingerprint density at radius 1 is 0.926 bits per heavy atom. The molecule has 0 radical (unpaired) electrons. The van der Waals surface area contributed by atoms with Gasteiger partial charge >= 0.3 is 0 Å². The lowest BCUT2D eigenvalue weighted by molar-refractivity contribution is -0.146. The molecule has 6 heterocycles. The van der Waals surface area contributed by atoms with E-state index in [0.717, 1.165) is 92.3 Å². The highest BCUT2D eigenvalue weighted by Crippen LogP contribution is 2.31. The number of aryl methyl sites for hydroxylation is 2. The Kier molecular flexibility index (Phi) is 17.2. The van der Waals surface area contributed by atoms with E-state index in [4.69, 9.17) is 14.7 Å². The molecule has 5 aromatic rings. The number of nitrogens with zero attached hydrogens (tertiary/aromatic N) is 7. The molecule has 2 saturated heterocycles. The number of unbranched alkanes of at least 4 members (excludes halogenated alkanes) is 6. The third kappa shape index (κ3) is 13.7. The van der Waals surface area contributed by atoms with Crippen molar-refractivity contribution in [1.29, 1.82) is 0 Å². The third-order valence-corrected chi connectivity index (χ3v) is 12.7. The van der Waals surface area contributed by atoms with Gasteiger partial charge in [-0.15, -0.1) is 0 Å². The number of carbonyl (C=O) groups is 4. The highest BCUT2D eigenvalue weighted by atomic mass is 19.1. The van der Waals surface area contributed by atoms with E-state index in [-0.39, 0.29) is 35.6 Å². The number of rotatable bonds is 24. The Morgan fingerprint density at radius 3 is 2.38 bits per heavy atom. The summed E-state index contributed by atoms with van der Waals surface area (Å²) in [6.07, 6.45) is 14.9. The number of benzene rings is 1. The first-order valence-electron chi connectivity index (χ1n) is 23.9. The summed E-state index contributed by atoms with van der Waals surface area (Å²) in [4.78, 5) is 66.2. The lowest BCUT2D eigenvalue weighted by Crippen LogP contribution is -2.55. The van der Waals surface area contributed by atoms with Gasteiger partial charge in [-0.1, -0.05) is 43.9 Å². The topological polar surface area (TPSA) is 226 Å². The van der Waals surface area contributed by atoms with Crippen molar-refractivity contribution in [3.8, 4) is 5.82 Å². The summed E-state index contributed by atoms with van der Waals surface area (Å²) in [7, 11) is 1.56. The average molecular weight is 934 g/mol. The van der Waals surface area contributed by atoms with Gasteiger partial charge in [-0.25, -0.2) is 19.0 Å². The molecule has 2 atom stereocenters. The lowest BCUT2D eigenvalue weighted by Gasteiger charge is -2.40. The molecule has 7 rings (SSSR count). The minimum Gasteiger partial charge on any atom is -0.385 e. The van der Waals surface area contributed by atoms with E-state index in [2.05, 4.69) is 51.8 Å². The van der Waals surface area contributed by atoms with Crippen LogP contribution in [0.4, 0.5) is 27.7 Å². The molecule has 362 valence electrons. The first-order valence-corrected chi connectivity index (χ1v) is 23.9. The van der Waals surface area contributed by atoms with Crippen LogP contribution in [0.3, 0.4) is 0 Å². The first kappa shape index (κ1) is 49.2. The number of hydrogen-bond donors (Lipinski definition) is 6. The molecule has 0 bridgehead atoms. The number of nitrogens with one attached hydrogen (secondary N) is 6. The van der Waals surface area contributed by atoms with Gasteiger partial charge in [0.05, 0.1) is 24.4 Å². The SMILES string of the molecule is COC1(C(=O)N[C@@H](C)c2ccc(-n3cc(F)cn3)nc2)CCN(c2nc(CCCCNC(=O)CCCCCCCCNc3ccc(C4CCC(=O)NC4=O)cc3)cc(Nc3cc(C)[nH]n3)n2)CC1. The maximum Gasteiger partial charge on any atom is 0.252 e. The summed E-state index contributed by atoms with van der Waals surface area (Å²) >= 11 is 0. The number of hydrogen-bond acceptors (Lipinski definition) is 13. The van der Waals surface area contributed by atoms with Crippen molar-refractivity contribution in [3.05, 3.63) is 95.5 Å². The van der Waals surface area contributed by atoms with Crippen LogP contribution < -0.4 is 31.5 Å². The van der Waals surface area contributed by atoms with Crippen LogP contribution in [0.5, 0.6) is 0 Å². The van der Waals surface area contributed by atoms with Gasteiger partial charge in [0.25, 0.3) is 5.91 Å². The van der Waals surface area contributed by atoms with Crippen LogP contribution in [0.25, 0.3) is 5.82 Å². The molecule has 1 aromatic carbocycles. The summed E-state index contributed by atoms with van der Waals surface area (Å²) < 4.78 is 20.7. The first-order chi connectivity index (χ1) is 33.0. The monoisotopic (exact) mass is 934 g/mol. The predicted molar refractivity (Wildman–Crippen MR) is 256 cm³/mol. The van der Waals surface area contributed by atoms with E-state index in [1.54, 1.807) is 19.4 Å². The van der Waals surface area contributed by atoms with E-state index in [1.807, 2.05) is 56.3 Å². The molecule has 0 saturated carbocycles. The number of piperidine rings is 2. The van der Waals surface area contributed by atoms with E-state index in [1.165, 1.54) is 10.9 Å². The van der Waals surface area contributed by atoms with Gasteiger partial charge in [0, 0.05) is 94.4 Å². The standard InChI is InChI=1S/C49H64FN13O5/c1-33-28-42(61-60-33)57-41-29-39(12-9-11-25-52-44(64)13-8-6-4-5-7-10-24-51-38-17-14-35(15-18-38)40-19-21-45(65)59-46(40)66)56-48(58-41)62-26-22-49(68-3,23-27-62)47(67)55-34(2)36-16-20-43(53-30-36)63-32-37(50)31-54-63/h14-18,20,28-32,34,40,51H,4-13,19,21-27H2,1-3H3,(H,52,64)(H,55,67)(H,59,65,66)(H2,56,57,58,60,61)/t34-,40?/m0/s1. The van der Waals surface area contributed by atoms with Gasteiger partial charge < -0.3 is 30.9 Å². The highest BCUT2D eigenvalue weighted by Gasteiger charge is 2.43. The van der Waals surface area contributed by atoms with E-state index in [0.29, 0.717) is 81.6 Å². The average Bonchev–Trinajstić information content (AvgIpc) is 3.97. The van der Waals surface area contributed by atoms with Gasteiger partial charge in [-0.3, -0.25) is 29.6 Å². The number of methoxy groups -OCH3 is 1. The molecular weight excluding hydrogens is 870 g/mol. The fourth-order valence-electron chi connectivity index (χ4n) is 8.59. The zero-order valence-electron chi connectivity index (χ0n) is 39.3. The van der Waals surface area contributed by atoms with Crippen molar-refractivity contribution in [1.82, 2.24) is 50.9 Å². The van der Waals surface area contributed by atoms with Gasteiger partial charge in [0.2, 0.25) is 23.7 Å². The molecule has 19 heteroatoms. The maximum absolute atomic E-state index is 13.8. The van der Waals surface area contributed by atoms with Crippen molar-refractivity contribution in [2.45, 2.75) is 121 Å². The van der Waals surface area contributed by atoms with Crippen LogP contribution >= 0.6 is 0 Å². The fourth-order valence-corrected chi connectivity index (χ4v) is 8.59. The second-order valence-corrected chi connectivity index (χ2v) is 17.8. The minimum absolute atomic E-state index is 0.0826. The van der Waals surface area contributed by atoms with E-state index >= 15 is 0 Å². The molecule has 0 spiro atoms. The van der Waals surface area contributed by atoms with Gasteiger partial charge in [0.15, 0.2) is 17.5 Å². The van der Waals surface area contributed by atoms with E-state index in [9.17, 15) is 23.6 Å². The number of aromatic amines is 1. The number of H-pyrrole nitrogens is 1. The van der Waals surface area contributed by atoms with Crippen LogP contribution in [0, 0.1) is 12.7 Å². The quantitative estimate of drug-likeness (QED) is 0.0282. The minimum atomic E-state index is -1.04. The van der Waals surface area contributed by atoms with Crippen LogP contribution in [-0.2, 0) is 30.3 Å². The van der Waals surface area contributed by atoms with Gasteiger partial charge in [-0.2, -0.15) is 15.2 Å². The second-order valence-electron chi connectivity index (χ2n) is 17.8.